The van der Waals surface area contributed by atoms with E-state index in [1.54, 1.807) is 0 Å². The van der Waals surface area contributed by atoms with Gasteiger partial charge in [-0.05, 0) is 5.92 Å². The van der Waals surface area contributed by atoms with Crippen LogP contribution in [0.25, 0.3) is 0 Å². The van der Waals surface area contributed by atoms with Crippen molar-refractivity contribution < 1.29 is 8.42 Å². The SMILES string of the molecule is CC1CN(c2ncnc(N)c2Cl)CCS(=O)(=O)C1. The van der Waals surface area contributed by atoms with Crippen LogP contribution in [0.5, 0.6) is 0 Å². The number of halogens is 1. The molecule has 6 nitrogen and oxygen atoms in total. The highest BCUT2D eigenvalue weighted by Crippen LogP contribution is 2.28. The summed E-state index contributed by atoms with van der Waals surface area (Å²) in [6.07, 6.45) is 1.33. The normalized spacial score (nSPS) is 23.7. The van der Waals surface area contributed by atoms with Crippen LogP contribution in [-0.4, -0.2) is 43.0 Å². The summed E-state index contributed by atoms with van der Waals surface area (Å²) in [5.74, 6) is 1.05. The molecule has 0 bridgehead atoms. The number of anilines is 2. The van der Waals surface area contributed by atoms with Gasteiger partial charge in [-0.25, -0.2) is 18.4 Å². The van der Waals surface area contributed by atoms with E-state index in [0.717, 1.165) is 0 Å². The Morgan fingerprint density at radius 3 is 2.94 bits per heavy atom. The molecule has 1 aromatic heterocycles. The van der Waals surface area contributed by atoms with E-state index in [0.29, 0.717) is 18.9 Å². The first kappa shape index (κ1) is 13.4. The number of nitrogen functional groups attached to an aromatic ring is 1. The maximum atomic E-state index is 11.7. The minimum Gasteiger partial charge on any atom is -0.382 e. The molecule has 1 saturated heterocycles. The molecular formula is C10H15ClN4O2S. The maximum Gasteiger partial charge on any atom is 0.153 e. The van der Waals surface area contributed by atoms with Gasteiger partial charge in [-0.1, -0.05) is 18.5 Å². The molecule has 1 atom stereocenters. The highest BCUT2D eigenvalue weighted by molar-refractivity contribution is 7.91. The molecule has 0 radical (unpaired) electrons. The first-order valence-corrected chi connectivity index (χ1v) is 7.80. The van der Waals surface area contributed by atoms with Crippen molar-refractivity contribution in [1.29, 1.82) is 0 Å². The Morgan fingerprint density at radius 1 is 1.50 bits per heavy atom. The third-order valence-corrected chi connectivity index (χ3v) is 5.08. The van der Waals surface area contributed by atoms with Gasteiger partial charge in [0.25, 0.3) is 0 Å². The topological polar surface area (TPSA) is 89.2 Å². The van der Waals surface area contributed by atoms with E-state index >= 15 is 0 Å². The van der Waals surface area contributed by atoms with E-state index in [4.69, 9.17) is 17.3 Å². The van der Waals surface area contributed by atoms with Crippen LogP contribution >= 0.6 is 11.6 Å². The lowest BCUT2D eigenvalue weighted by atomic mass is 10.2. The van der Waals surface area contributed by atoms with Crippen molar-refractivity contribution in [3.05, 3.63) is 11.3 Å². The van der Waals surface area contributed by atoms with E-state index in [9.17, 15) is 8.42 Å². The Labute approximate surface area is 111 Å². The predicted octanol–water partition coefficient (Wildman–Crippen LogP) is 0.583. The Morgan fingerprint density at radius 2 is 2.22 bits per heavy atom. The quantitative estimate of drug-likeness (QED) is 0.814. The van der Waals surface area contributed by atoms with Gasteiger partial charge < -0.3 is 10.6 Å². The summed E-state index contributed by atoms with van der Waals surface area (Å²) in [7, 11) is -2.99. The standard InChI is InChI=1S/C10H15ClN4O2S/c1-7-4-15(2-3-18(16,17)5-7)10-8(11)9(12)13-6-14-10/h6-7H,2-5H2,1H3,(H2,12,13,14). The van der Waals surface area contributed by atoms with Gasteiger partial charge in [0.15, 0.2) is 15.7 Å². The van der Waals surface area contributed by atoms with Gasteiger partial charge in [0, 0.05) is 13.1 Å². The summed E-state index contributed by atoms with van der Waals surface area (Å²) in [5.41, 5.74) is 5.63. The van der Waals surface area contributed by atoms with Crippen molar-refractivity contribution in [2.45, 2.75) is 6.92 Å². The molecule has 0 aliphatic carbocycles. The van der Waals surface area contributed by atoms with Crippen LogP contribution < -0.4 is 10.6 Å². The average molecular weight is 291 g/mol. The van der Waals surface area contributed by atoms with Crippen LogP contribution in [0.3, 0.4) is 0 Å². The van der Waals surface area contributed by atoms with Crippen LogP contribution in [-0.2, 0) is 9.84 Å². The molecule has 18 heavy (non-hydrogen) atoms. The van der Waals surface area contributed by atoms with E-state index in [1.807, 2.05) is 11.8 Å². The molecule has 2 N–H and O–H groups in total. The van der Waals surface area contributed by atoms with Crippen LogP contribution in [0.1, 0.15) is 6.92 Å². The van der Waals surface area contributed by atoms with Gasteiger partial charge in [-0.3, -0.25) is 0 Å². The monoisotopic (exact) mass is 290 g/mol. The molecule has 0 amide bonds. The van der Waals surface area contributed by atoms with Crippen LogP contribution in [0.15, 0.2) is 6.33 Å². The Balaban J connectivity index is 2.31. The molecule has 1 fully saturated rings. The second-order valence-electron chi connectivity index (χ2n) is 4.56. The average Bonchev–Trinajstić information content (AvgIpc) is 2.40. The van der Waals surface area contributed by atoms with Crippen LogP contribution in [0.4, 0.5) is 11.6 Å². The van der Waals surface area contributed by atoms with Crippen molar-refractivity contribution >= 4 is 33.1 Å². The second kappa shape index (κ2) is 4.89. The number of nitrogens with two attached hydrogens (primary N) is 1. The van der Waals surface area contributed by atoms with E-state index in [2.05, 4.69) is 9.97 Å². The minimum absolute atomic E-state index is 0.0322. The summed E-state index contributed by atoms with van der Waals surface area (Å²) in [6.45, 7) is 2.87. The van der Waals surface area contributed by atoms with Crippen molar-refractivity contribution in [3.8, 4) is 0 Å². The predicted molar refractivity (Wildman–Crippen MR) is 71.5 cm³/mol. The number of rotatable bonds is 1. The third-order valence-electron chi connectivity index (χ3n) is 2.84. The lowest BCUT2D eigenvalue weighted by molar-refractivity contribution is 0.581. The Bertz CT molecular complexity index is 549. The van der Waals surface area contributed by atoms with E-state index in [1.165, 1.54) is 6.33 Å². The molecule has 1 unspecified atom stereocenters. The van der Waals surface area contributed by atoms with Crippen LogP contribution in [0, 0.1) is 5.92 Å². The van der Waals surface area contributed by atoms with Gasteiger partial charge in [0.2, 0.25) is 0 Å². The summed E-state index contributed by atoms with van der Waals surface area (Å²) < 4.78 is 23.4. The summed E-state index contributed by atoms with van der Waals surface area (Å²) in [4.78, 5) is 9.75. The molecule has 100 valence electrons. The zero-order valence-corrected chi connectivity index (χ0v) is 11.6. The highest BCUT2D eigenvalue weighted by atomic mass is 35.5. The molecule has 0 spiro atoms. The molecule has 0 aromatic carbocycles. The minimum atomic E-state index is -2.99. The molecule has 8 heteroatoms. The Hall–Kier alpha value is -1.08. The van der Waals surface area contributed by atoms with Gasteiger partial charge in [-0.2, -0.15) is 0 Å². The zero-order chi connectivity index (χ0) is 13.3. The molecule has 2 heterocycles. The molecule has 1 aromatic rings. The lowest BCUT2D eigenvalue weighted by Gasteiger charge is -2.24. The smallest absolute Gasteiger partial charge is 0.153 e. The van der Waals surface area contributed by atoms with Crippen LogP contribution in [0.2, 0.25) is 5.02 Å². The molecule has 1 aliphatic heterocycles. The number of nitrogens with zero attached hydrogens (tertiary/aromatic N) is 3. The lowest BCUT2D eigenvalue weighted by Crippen LogP contribution is -2.30. The molecule has 0 saturated carbocycles. The van der Waals surface area contributed by atoms with E-state index < -0.39 is 9.84 Å². The fourth-order valence-corrected chi connectivity index (χ4v) is 3.93. The fraction of sp³-hybridized carbons (Fsp3) is 0.600. The third kappa shape index (κ3) is 2.84. The van der Waals surface area contributed by atoms with Gasteiger partial charge in [0.05, 0.1) is 11.5 Å². The summed E-state index contributed by atoms with van der Waals surface area (Å²) >= 11 is 6.06. The first-order chi connectivity index (χ1) is 8.39. The maximum absolute atomic E-state index is 11.7. The largest absolute Gasteiger partial charge is 0.382 e. The fourth-order valence-electron chi connectivity index (χ4n) is 2.07. The molecule has 1 aliphatic rings. The first-order valence-electron chi connectivity index (χ1n) is 5.60. The van der Waals surface area contributed by atoms with Crippen molar-refractivity contribution in [2.75, 3.05) is 35.2 Å². The second-order valence-corrected chi connectivity index (χ2v) is 7.17. The molecule has 2 rings (SSSR count). The number of sulfone groups is 1. The number of hydrogen-bond acceptors (Lipinski definition) is 6. The van der Waals surface area contributed by atoms with Gasteiger partial charge in [-0.15, -0.1) is 0 Å². The van der Waals surface area contributed by atoms with Gasteiger partial charge >= 0.3 is 0 Å². The number of hydrogen-bond donors (Lipinski definition) is 1. The van der Waals surface area contributed by atoms with Crippen molar-refractivity contribution in [3.63, 3.8) is 0 Å². The van der Waals surface area contributed by atoms with Gasteiger partial charge in [0.1, 0.15) is 17.2 Å². The van der Waals surface area contributed by atoms with Crippen molar-refractivity contribution in [2.24, 2.45) is 5.92 Å². The van der Waals surface area contributed by atoms with Crippen molar-refractivity contribution in [1.82, 2.24) is 9.97 Å². The summed E-state index contributed by atoms with van der Waals surface area (Å²) in [5, 5.41) is 0.281. The highest BCUT2D eigenvalue weighted by Gasteiger charge is 2.26. The zero-order valence-electron chi connectivity index (χ0n) is 10.0. The summed E-state index contributed by atoms with van der Waals surface area (Å²) in [6, 6.07) is 0. The Kier molecular flexibility index (Phi) is 3.63. The number of aromatic nitrogens is 2. The molecular weight excluding hydrogens is 276 g/mol. The van der Waals surface area contributed by atoms with E-state index in [-0.39, 0.29) is 28.3 Å².